The monoisotopic (exact) mass is 347 g/mol. The molecule has 2 amide bonds. The number of nitriles is 1. The number of carbonyl (C=O) groups excluding carboxylic acids is 2. The van der Waals surface area contributed by atoms with Crippen molar-refractivity contribution >= 4 is 23.2 Å². The van der Waals surface area contributed by atoms with Crippen LogP contribution in [-0.4, -0.2) is 23.6 Å². The summed E-state index contributed by atoms with van der Waals surface area (Å²) in [4.78, 5) is 24.2. The first-order chi connectivity index (χ1) is 12.6. The van der Waals surface area contributed by atoms with Crippen molar-refractivity contribution in [2.75, 3.05) is 5.01 Å². The van der Waals surface area contributed by atoms with Gasteiger partial charge in [-0.2, -0.15) is 10.4 Å². The molecule has 130 valence electrons. The van der Waals surface area contributed by atoms with E-state index in [1.165, 1.54) is 5.01 Å². The van der Waals surface area contributed by atoms with Gasteiger partial charge in [0, 0.05) is 13.0 Å². The average molecular weight is 347 g/mol. The van der Waals surface area contributed by atoms with Crippen LogP contribution in [0, 0.1) is 11.3 Å². The van der Waals surface area contributed by atoms with E-state index < -0.39 is 11.9 Å². The minimum Gasteiger partial charge on any atom is -0.368 e. The van der Waals surface area contributed by atoms with Crippen LogP contribution < -0.4 is 16.1 Å². The van der Waals surface area contributed by atoms with E-state index in [4.69, 9.17) is 11.0 Å². The van der Waals surface area contributed by atoms with Crippen molar-refractivity contribution < 1.29 is 9.59 Å². The molecule has 0 bridgehead atoms. The quantitative estimate of drug-likeness (QED) is 0.849. The standard InChI is InChI=1S/C19H17N5O2/c20-11-13-5-4-6-14(9-13)12-22-19(26)16-10-17(18(21)25)24(23-16)15-7-2-1-3-8-15/h1-9,17H,10,12H2,(H2,21,25)(H,22,26). The van der Waals surface area contributed by atoms with Gasteiger partial charge < -0.3 is 11.1 Å². The Bertz CT molecular complexity index is 902. The summed E-state index contributed by atoms with van der Waals surface area (Å²) in [5, 5.41) is 17.5. The van der Waals surface area contributed by atoms with Crippen LogP contribution in [0.25, 0.3) is 0 Å². The fourth-order valence-corrected chi connectivity index (χ4v) is 2.72. The molecule has 1 aliphatic rings. The van der Waals surface area contributed by atoms with Gasteiger partial charge in [-0.25, -0.2) is 0 Å². The molecule has 0 aromatic heterocycles. The van der Waals surface area contributed by atoms with Crippen molar-refractivity contribution in [1.29, 1.82) is 5.26 Å². The number of primary amides is 1. The Hall–Kier alpha value is -3.66. The Kier molecular flexibility index (Phi) is 4.94. The van der Waals surface area contributed by atoms with Crippen molar-refractivity contribution in [2.24, 2.45) is 10.8 Å². The molecule has 1 heterocycles. The summed E-state index contributed by atoms with van der Waals surface area (Å²) < 4.78 is 0. The molecule has 0 aliphatic carbocycles. The highest BCUT2D eigenvalue weighted by Crippen LogP contribution is 2.24. The largest absolute Gasteiger partial charge is 0.368 e. The molecule has 7 heteroatoms. The van der Waals surface area contributed by atoms with E-state index in [1.807, 2.05) is 24.3 Å². The Labute approximate surface area is 150 Å². The molecule has 0 saturated heterocycles. The van der Waals surface area contributed by atoms with Crippen molar-refractivity contribution in [3.8, 4) is 6.07 Å². The van der Waals surface area contributed by atoms with E-state index in [-0.39, 0.29) is 24.6 Å². The highest BCUT2D eigenvalue weighted by Gasteiger charge is 2.34. The van der Waals surface area contributed by atoms with Gasteiger partial charge in [-0.3, -0.25) is 14.6 Å². The lowest BCUT2D eigenvalue weighted by Gasteiger charge is -2.20. The zero-order valence-corrected chi connectivity index (χ0v) is 13.9. The first-order valence-corrected chi connectivity index (χ1v) is 8.07. The van der Waals surface area contributed by atoms with Crippen molar-refractivity contribution in [3.05, 3.63) is 65.7 Å². The van der Waals surface area contributed by atoms with Gasteiger partial charge in [-0.05, 0) is 29.8 Å². The third-order valence-corrected chi connectivity index (χ3v) is 4.03. The highest BCUT2D eigenvalue weighted by atomic mass is 16.2. The molecule has 0 saturated carbocycles. The van der Waals surface area contributed by atoms with Gasteiger partial charge in [0.25, 0.3) is 5.91 Å². The molecule has 0 fully saturated rings. The number of nitrogens with zero attached hydrogens (tertiary/aromatic N) is 3. The number of rotatable bonds is 5. The van der Waals surface area contributed by atoms with E-state index in [1.54, 1.807) is 30.3 Å². The summed E-state index contributed by atoms with van der Waals surface area (Å²) in [5.74, 6) is -0.904. The lowest BCUT2D eigenvalue weighted by Crippen LogP contribution is -2.39. The number of hydrazone groups is 1. The first-order valence-electron chi connectivity index (χ1n) is 8.07. The summed E-state index contributed by atoms with van der Waals surface area (Å²) in [5.41, 5.74) is 7.74. The van der Waals surface area contributed by atoms with Crippen molar-refractivity contribution in [1.82, 2.24) is 5.32 Å². The SMILES string of the molecule is N#Cc1cccc(CNC(=O)C2=NN(c3ccccc3)C(C(N)=O)C2)c1. The fourth-order valence-electron chi connectivity index (χ4n) is 2.72. The van der Waals surface area contributed by atoms with Crippen LogP contribution in [0.2, 0.25) is 0 Å². The maximum Gasteiger partial charge on any atom is 0.267 e. The second-order valence-corrected chi connectivity index (χ2v) is 5.84. The topological polar surface area (TPSA) is 112 Å². The number of hydrogen-bond donors (Lipinski definition) is 2. The molecule has 2 aromatic rings. The van der Waals surface area contributed by atoms with Crippen LogP contribution in [0.15, 0.2) is 59.7 Å². The van der Waals surface area contributed by atoms with E-state index in [0.29, 0.717) is 11.3 Å². The zero-order valence-electron chi connectivity index (χ0n) is 13.9. The van der Waals surface area contributed by atoms with Gasteiger partial charge in [-0.15, -0.1) is 0 Å². The summed E-state index contributed by atoms with van der Waals surface area (Å²) in [7, 11) is 0. The molecular weight excluding hydrogens is 330 g/mol. The molecular formula is C19H17N5O2. The summed E-state index contributed by atoms with van der Waals surface area (Å²) in [6.07, 6.45) is 0.147. The molecule has 1 unspecified atom stereocenters. The van der Waals surface area contributed by atoms with Gasteiger partial charge >= 0.3 is 0 Å². The van der Waals surface area contributed by atoms with E-state index in [0.717, 1.165) is 5.56 Å². The minimum absolute atomic E-state index is 0.147. The van der Waals surface area contributed by atoms with Gasteiger partial charge in [0.1, 0.15) is 11.8 Å². The number of amides is 2. The Morgan fingerprint density at radius 2 is 2.00 bits per heavy atom. The molecule has 0 radical (unpaired) electrons. The molecule has 3 rings (SSSR count). The lowest BCUT2D eigenvalue weighted by atomic mass is 10.1. The third-order valence-electron chi connectivity index (χ3n) is 4.03. The predicted molar refractivity (Wildman–Crippen MR) is 97.0 cm³/mol. The van der Waals surface area contributed by atoms with Crippen molar-refractivity contribution in [3.63, 3.8) is 0 Å². The van der Waals surface area contributed by atoms with Gasteiger partial charge in [0.2, 0.25) is 5.91 Å². The van der Waals surface area contributed by atoms with E-state index >= 15 is 0 Å². The van der Waals surface area contributed by atoms with Gasteiger partial charge in [-0.1, -0.05) is 30.3 Å². The highest BCUT2D eigenvalue weighted by molar-refractivity contribution is 6.40. The van der Waals surface area contributed by atoms with Gasteiger partial charge in [0.15, 0.2) is 0 Å². The first kappa shape index (κ1) is 17.2. The number of nitrogens with two attached hydrogens (primary N) is 1. The van der Waals surface area contributed by atoms with Crippen LogP contribution in [0.5, 0.6) is 0 Å². The molecule has 26 heavy (non-hydrogen) atoms. The minimum atomic E-state index is -0.694. The smallest absolute Gasteiger partial charge is 0.267 e. The second kappa shape index (κ2) is 7.49. The normalized spacial score (nSPS) is 15.9. The molecule has 1 aliphatic heterocycles. The lowest BCUT2D eigenvalue weighted by molar-refractivity contribution is -0.119. The molecule has 3 N–H and O–H groups in total. The Balaban J connectivity index is 1.72. The van der Waals surface area contributed by atoms with Crippen LogP contribution in [-0.2, 0) is 16.1 Å². The number of benzene rings is 2. The third kappa shape index (κ3) is 3.70. The summed E-state index contributed by atoms with van der Waals surface area (Å²) >= 11 is 0. The number of hydrogen-bond acceptors (Lipinski definition) is 5. The fraction of sp³-hybridized carbons (Fsp3) is 0.158. The maximum absolute atomic E-state index is 12.4. The average Bonchev–Trinajstić information content (AvgIpc) is 3.13. The molecule has 7 nitrogen and oxygen atoms in total. The molecule has 1 atom stereocenters. The second-order valence-electron chi connectivity index (χ2n) is 5.84. The zero-order chi connectivity index (χ0) is 18.5. The number of para-hydroxylation sites is 1. The summed E-state index contributed by atoms with van der Waals surface area (Å²) in [6.45, 7) is 0.264. The predicted octanol–water partition coefficient (Wildman–Crippen LogP) is 1.29. The van der Waals surface area contributed by atoms with Gasteiger partial charge in [0.05, 0.1) is 17.3 Å². The van der Waals surface area contributed by atoms with Crippen LogP contribution >= 0.6 is 0 Å². The maximum atomic E-state index is 12.4. The number of nitrogens with one attached hydrogen (secondary N) is 1. The van der Waals surface area contributed by atoms with Crippen LogP contribution in [0.4, 0.5) is 5.69 Å². The number of carbonyl (C=O) groups is 2. The Morgan fingerprint density at radius 1 is 1.23 bits per heavy atom. The molecule has 2 aromatic carbocycles. The van der Waals surface area contributed by atoms with E-state index in [9.17, 15) is 9.59 Å². The Morgan fingerprint density at radius 3 is 2.69 bits per heavy atom. The molecule has 0 spiro atoms. The van der Waals surface area contributed by atoms with Crippen LogP contribution in [0.1, 0.15) is 17.5 Å². The number of anilines is 1. The van der Waals surface area contributed by atoms with Crippen LogP contribution in [0.3, 0.4) is 0 Å². The van der Waals surface area contributed by atoms with E-state index in [2.05, 4.69) is 16.5 Å². The summed E-state index contributed by atoms with van der Waals surface area (Å²) in [6, 6.07) is 17.4. The van der Waals surface area contributed by atoms with Crippen molar-refractivity contribution in [2.45, 2.75) is 19.0 Å².